The van der Waals surface area contributed by atoms with Crippen LogP contribution < -0.4 is 20.7 Å². The Morgan fingerprint density at radius 1 is 1.00 bits per heavy atom. The summed E-state index contributed by atoms with van der Waals surface area (Å²) < 4.78 is 9.13. The molecule has 7 heterocycles. The largest absolute Gasteiger partial charge is 0.392 e. The van der Waals surface area contributed by atoms with Gasteiger partial charge in [-0.2, -0.15) is 0 Å². The third-order valence-electron chi connectivity index (χ3n) is 10.8. The van der Waals surface area contributed by atoms with Crippen LogP contribution >= 0.6 is 0 Å². The van der Waals surface area contributed by atoms with Gasteiger partial charge in [-0.1, -0.05) is 0 Å². The summed E-state index contributed by atoms with van der Waals surface area (Å²) in [5.74, 6) is 0.906. The second kappa shape index (κ2) is 12.7. The Bertz CT molecular complexity index is 1950. The molecule has 1 amide bonds. The van der Waals surface area contributed by atoms with E-state index in [1.54, 1.807) is 30.4 Å². The van der Waals surface area contributed by atoms with Gasteiger partial charge in [0.25, 0.3) is 11.5 Å². The minimum atomic E-state index is -0.311. The van der Waals surface area contributed by atoms with Crippen molar-refractivity contribution < 1.29 is 14.6 Å². The SMILES string of the molecule is CC1CN(c2ccc(Nc3cc(-c4ccnc(N5CCn6c(cc7c6CCCC7)C5=O)c4CO)cn(C)c3=O)nc2)[C@@H](C)CN1C1COC1. The molecule has 49 heavy (non-hydrogen) atoms. The standard InChI is InChI=1S/C37H44N8O4/c1-23-18-45(28-21-49-22-28)24(2)17-44(23)27-8-9-34(39-16-27)40-31-14-26(19-41(3)36(31)47)29-10-11-38-35(30(29)20-46)43-13-12-42-32-7-5-4-6-25(32)15-33(42)37(43)48/h8-11,14-16,19,23-24,28,46H,4-7,12-13,17-18,20-22H2,1-3H3,(H,39,40)/t23-,24?/m0/s1. The van der Waals surface area contributed by atoms with Crippen molar-refractivity contribution in [1.82, 2.24) is 24.0 Å². The number of anilines is 4. The Morgan fingerprint density at radius 2 is 1.84 bits per heavy atom. The van der Waals surface area contributed by atoms with Crippen molar-refractivity contribution in [3.05, 3.63) is 81.8 Å². The molecule has 1 unspecified atom stereocenters. The number of ether oxygens (including phenoxy) is 1. The molecule has 0 aromatic carbocycles. The Morgan fingerprint density at radius 3 is 2.59 bits per heavy atom. The number of carbonyl (C=O) groups is 1. The number of hydrogen-bond donors (Lipinski definition) is 2. The number of aryl methyl sites for hydroxylation is 2. The van der Waals surface area contributed by atoms with E-state index in [2.05, 4.69) is 44.6 Å². The van der Waals surface area contributed by atoms with E-state index in [4.69, 9.17) is 9.72 Å². The summed E-state index contributed by atoms with van der Waals surface area (Å²) in [5.41, 5.74) is 6.42. The predicted octanol–water partition coefficient (Wildman–Crippen LogP) is 3.72. The molecule has 1 aliphatic carbocycles. The number of aliphatic hydroxyl groups is 1. The number of hydrogen-bond acceptors (Lipinski definition) is 9. The van der Waals surface area contributed by atoms with Crippen LogP contribution in [0.4, 0.5) is 23.0 Å². The molecule has 12 nitrogen and oxygen atoms in total. The van der Waals surface area contributed by atoms with Gasteiger partial charge in [-0.25, -0.2) is 9.97 Å². The Hall–Kier alpha value is -4.52. The minimum Gasteiger partial charge on any atom is -0.392 e. The van der Waals surface area contributed by atoms with Crippen LogP contribution in [0.25, 0.3) is 11.1 Å². The first kappa shape index (κ1) is 31.7. The Balaban J connectivity index is 1.04. The fourth-order valence-corrected chi connectivity index (χ4v) is 8.13. The molecule has 2 N–H and O–H groups in total. The van der Waals surface area contributed by atoms with Crippen molar-refractivity contribution in [3.63, 3.8) is 0 Å². The van der Waals surface area contributed by atoms with Gasteiger partial charge in [0.2, 0.25) is 0 Å². The highest BCUT2D eigenvalue weighted by Crippen LogP contribution is 2.35. The van der Waals surface area contributed by atoms with E-state index in [0.29, 0.717) is 65.4 Å². The number of amides is 1. The molecule has 4 aromatic rings. The number of nitrogens with zero attached hydrogens (tertiary/aromatic N) is 7. The Labute approximate surface area is 285 Å². The van der Waals surface area contributed by atoms with Crippen molar-refractivity contribution in [2.45, 2.75) is 70.8 Å². The van der Waals surface area contributed by atoms with E-state index < -0.39 is 0 Å². The molecule has 0 spiro atoms. The van der Waals surface area contributed by atoms with Crippen LogP contribution in [0.3, 0.4) is 0 Å². The topological polar surface area (TPSA) is 121 Å². The molecule has 256 valence electrons. The number of rotatable bonds is 7. The van der Waals surface area contributed by atoms with Crippen molar-refractivity contribution in [2.75, 3.05) is 48.0 Å². The van der Waals surface area contributed by atoms with Gasteiger partial charge in [0.1, 0.15) is 23.0 Å². The molecule has 0 saturated carbocycles. The lowest BCUT2D eigenvalue weighted by Crippen LogP contribution is -2.63. The summed E-state index contributed by atoms with van der Waals surface area (Å²) >= 11 is 0. The van der Waals surface area contributed by atoms with Crippen LogP contribution in [-0.2, 0) is 37.8 Å². The maximum atomic E-state index is 13.8. The molecule has 0 radical (unpaired) electrons. The maximum Gasteiger partial charge on any atom is 0.276 e. The molecule has 8 rings (SSSR count). The fraction of sp³-hybridized carbons (Fsp3) is 0.459. The molecule has 2 atom stereocenters. The van der Waals surface area contributed by atoms with E-state index in [9.17, 15) is 14.7 Å². The zero-order chi connectivity index (χ0) is 33.8. The van der Waals surface area contributed by atoms with Gasteiger partial charge >= 0.3 is 0 Å². The average Bonchev–Trinajstić information content (AvgIpc) is 3.47. The van der Waals surface area contributed by atoms with Crippen LogP contribution in [-0.4, -0.2) is 86.0 Å². The monoisotopic (exact) mass is 664 g/mol. The third-order valence-corrected chi connectivity index (χ3v) is 10.8. The van der Waals surface area contributed by atoms with Gasteiger partial charge in [-0.3, -0.25) is 19.4 Å². The molecule has 2 fully saturated rings. The number of aliphatic hydroxyl groups excluding tert-OH is 1. The van der Waals surface area contributed by atoms with Crippen LogP contribution in [0.15, 0.2) is 53.7 Å². The zero-order valence-electron chi connectivity index (χ0n) is 28.4. The summed E-state index contributed by atoms with van der Waals surface area (Å²) in [6.07, 6.45) is 9.59. The van der Waals surface area contributed by atoms with E-state index in [1.807, 2.05) is 24.4 Å². The minimum absolute atomic E-state index is 0.101. The second-order valence-corrected chi connectivity index (χ2v) is 14.0. The average molecular weight is 665 g/mol. The zero-order valence-corrected chi connectivity index (χ0v) is 28.4. The summed E-state index contributed by atoms with van der Waals surface area (Å²) in [5, 5.41) is 13.9. The molecular formula is C37H44N8O4. The highest BCUT2D eigenvalue weighted by Gasteiger charge is 2.37. The van der Waals surface area contributed by atoms with Crippen molar-refractivity contribution in [1.29, 1.82) is 0 Å². The summed E-state index contributed by atoms with van der Waals surface area (Å²) in [7, 11) is 1.70. The third kappa shape index (κ3) is 5.61. The maximum absolute atomic E-state index is 13.8. The highest BCUT2D eigenvalue weighted by molar-refractivity contribution is 6.06. The number of piperazine rings is 1. The lowest BCUT2D eigenvalue weighted by atomic mass is 9.98. The molecular weight excluding hydrogens is 620 g/mol. The van der Waals surface area contributed by atoms with Gasteiger partial charge < -0.3 is 29.2 Å². The molecule has 3 aliphatic heterocycles. The van der Waals surface area contributed by atoms with Crippen LogP contribution in [0, 0.1) is 0 Å². The predicted molar refractivity (Wildman–Crippen MR) is 189 cm³/mol. The van der Waals surface area contributed by atoms with Crippen LogP contribution in [0.1, 0.15) is 54.0 Å². The van der Waals surface area contributed by atoms with Crippen LogP contribution in [0.2, 0.25) is 0 Å². The summed E-state index contributed by atoms with van der Waals surface area (Å²) in [4.78, 5) is 43.1. The lowest BCUT2D eigenvalue weighted by molar-refractivity contribution is -0.0828. The van der Waals surface area contributed by atoms with E-state index in [1.165, 1.54) is 15.8 Å². The van der Waals surface area contributed by atoms with Crippen LogP contribution in [0.5, 0.6) is 0 Å². The first-order valence-corrected chi connectivity index (χ1v) is 17.5. The van der Waals surface area contributed by atoms with Gasteiger partial charge in [0.15, 0.2) is 0 Å². The van der Waals surface area contributed by atoms with E-state index in [0.717, 1.165) is 63.2 Å². The van der Waals surface area contributed by atoms with E-state index in [-0.39, 0.29) is 18.1 Å². The Kier molecular flexibility index (Phi) is 8.25. The second-order valence-electron chi connectivity index (χ2n) is 14.0. The molecule has 0 bridgehead atoms. The smallest absolute Gasteiger partial charge is 0.276 e. The first-order valence-electron chi connectivity index (χ1n) is 17.5. The summed E-state index contributed by atoms with van der Waals surface area (Å²) in [6.45, 7) is 8.89. The fourth-order valence-electron chi connectivity index (χ4n) is 8.13. The van der Waals surface area contributed by atoms with Crippen molar-refractivity contribution >= 4 is 28.9 Å². The lowest BCUT2D eigenvalue weighted by Gasteiger charge is -2.50. The highest BCUT2D eigenvalue weighted by atomic mass is 16.5. The van der Waals surface area contributed by atoms with Gasteiger partial charge in [-0.15, -0.1) is 0 Å². The van der Waals surface area contributed by atoms with Crippen molar-refractivity contribution in [3.8, 4) is 11.1 Å². The van der Waals surface area contributed by atoms with Gasteiger partial charge in [-0.05, 0) is 81.0 Å². The van der Waals surface area contributed by atoms with Gasteiger partial charge in [0.05, 0.1) is 37.7 Å². The number of nitrogens with one attached hydrogen (secondary N) is 1. The molecule has 12 heteroatoms. The number of fused-ring (bicyclic) bond motifs is 3. The molecule has 4 aliphatic rings. The quantitative estimate of drug-likeness (QED) is 0.305. The normalized spacial score (nSPS) is 21.3. The number of pyridine rings is 3. The molecule has 4 aromatic heterocycles. The number of carbonyl (C=O) groups excluding carboxylic acids is 1. The van der Waals surface area contributed by atoms with Crippen molar-refractivity contribution in [2.24, 2.45) is 7.05 Å². The molecule has 2 saturated heterocycles. The summed E-state index contributed by atoms with van der Waals surface area (Å²) in [6, 6.07) is 10.9. The first-order chi connectivity index (χ1) is 23.8. The number of aromatic nitrogens is 4. The van der Waals surface area contributed by atoms with Gasteiger partial charge in [0, 0.05) is 74.5 Å². The van der Waals surface area contributed by atoms with E-state index >= 15 is 0 Å².